The molecule has 2 rings (SSSR count). The number of aliphatic hydroxyl groups excluding tert-OH is 1. The fourth-order valence-electron chi connectivity index (χ4n) is 2.47. The van der Waals surface area contributed by atoms with Gasteiger partial charge in [-0.1, -0.05) is 18.2 Å². The van der Waals surface area contributed by atoms with Gasteiger partial charge in [-0.3, -0.25) is 0 Å². The van der Waals surface area contributed by atoms with Crippen LogP contribution in [0.15, 0.2) is 35.5 Å². The highest BCUT2D eigenvalue weighted by molar-refractivity contribution is 5.91. The van der Waals surface area contributed by atoms with Crippen LogP contribution in [0.4, 0.5) is 0 Å². The van der Waals surface area contributed by atoms with E-state index in [-0.39, 0.29) is 18.0 Å². The molecule has 1 aliphatic carbocycles. The van der Waals surface area contributed by atoms with Gasteiger partial charge in [0.1, 0.15) is 6.10 Å². The molecule has 0 aromatic heterocycles. The average molecular weight is 248 g/mol. The van der Waals surface area contributed by atoms with Gasteiger partial charge in [-0.25, -0.2) is 4.79 Å². The lowest BCUT2D eigenvalue weighted by molar-refractivity contribution is -0.137. The summed E-state index contributed by atoms with van der Waals surface area (Å²) < 4.78 is 5.32. The van der Waals surface area contributed by atoms with Crippen LogP contribution in [0.5, 0.6) is 0 Å². The summed E-state index contributed by atoms with van der Waals surface area (Å²) in [7, 11) is 0. The fraction of sp³-hybridized carbons (Fsp3) is 0.533. The quantitative estimate of drug-likeness (QED) is 0.407. The molecule has 1 heterocycles. The molecule has 3 heteroatoms. The van der Waals surface area contributed by atoms with Crippen molar-refractivity contribution in [3.63, 3.8) is 0 Å². The maximum absolute atomic E-state index is 11.6. The highest BCUT2D eigenvalue weighted by Crippen LogP contribution is 2.34. The van der Waals surface area contributed by atoms with Gasteiger partial charge >= 0.3 is 5.97 Å². The summed E-state index contributed by atoms with van der Waals surface area (Å²) in [5, 5.41) is 9.99. The third kappa shape index (κ3) is 2.56. The highest BCUT2D eigenvalue weighted by Gasteiger charge is 2.37. The Labute approximate surface area is 108 Å². The van der Waals surface area contributed by atoms with Crippen molar-refractivity contribution in [2.45, 2.75) is 45.3 Å². The van der Waals surface area contributed by atoms with Gasteiger partial charge < -0.3 is 9.84 Å². The van der Waals surface area contributed by atoms with Crippen molar-refractivity contribution >= 4 is 5.97 Å². The van der Waals surface area contributed by atoms with Gasteiger partial charge in [0.05, 0.1) is 6.10 Å². The van der Waals surface area contributed by atoms with E-state index in [0.717, 1.165) is 18.4 Å². The largest absolute Gasteiger partial charge is 0.454 e. The van der Waals surface area contributed by atoms with Crippen molar-refractivity contribution in [1.82, 2.24) is 0 Å². The number of fused-ring (bicyclic) bond motifs is 1. The minimum atomic E-state index is -0.494. The summed E-state index contributed by atoms with van der Waals surface area (Å²) in [4.78, 5) is 11.6. The second-order valence-electron chi connectivity index (χ2n) is 5.25. The van der Waals surface area contributed by atoms with Crippen molar-refractivity contribution in [1.29, 1.82) is 0 Å². The first-order valence-electron chi connectivity index (χ1n) is 6.41. The van der Waals surface area contributed by atoms with E-state index in [1.54, 1.807) is 0 Å². The number of allylic oxidation sites excluding steroid dienone is 1. The molecule has 0 spiro atoms. The van der Waals surface area contributed by atoms with Gasteiger partial charge in [0.25, 0.3) is 0 Å². The zero-order valence-corrected chi connectivity index (χ0v) is 11.0. The SMILES string of the molecule is C=C1C(=O)OC2C=C(C)C(O)CC=C(C)CCC12. The number of carbonyl (C=O) groups is 1. The van der Waals surface area contributed by atoms with Gasteiger partial charge in [-0.2, -0.15) is 0 Å². The van der Waals surface area contributed by atoms with Gasteiger partial charge in [-0.05, 0) is 44.8 Å². The van der Waals surface area contributed by atoms with E-state index in [1.165, 1.54) is 5.57 Å². The van der Waals surface area contributed by atoms with Gasteiger partial charge in [0, 0.05) is 11.5 Å². The van der Waals surface area contributed by atoms with E-state index in [4.69, 9.17) is 4.74 Å². The van der Waals surface area contributed by atoms with Crippen LogP contribution in [0.1, 0.15) is 33.1 Å². The Morgan fingerprint density at radius 2 is 2.17 bits per heavy atom. The van der Waals surface area contributed by atoms with Crippen LogP contribution in [0.3, 0.4) is 0 Å². The van der Waals surface area contributed by atoms with E-state index in [9.17, 15) is 9.90 Å². The molecule has 98 valence electrons. The first-order valence-corrected chi connectivity index (χ1v) is 6.41. The molecule has 2 aliphatic rings. The summed E-state index contributed by atoms with van der Waals surface area (Å²) in [6.45, 7) is 7.76. The molecule has 1 aliphatic heterocycles. The summed E-state index contributed by atoms with van der Waals surface area (Å²) in [6, 6.07) is 0. The van der Waals surface area contributed by atoms with Gasteiger partial charge in [0.2, 0.25) is 0 Å². The number of aliphatic hydroxyl groups is 1. The molecule has 0 bridgehead atoms. The van der Waals surface area contributed by atoms with Crippen molar-refractivity contribution in [3.05, 3.63) is 35.5 Å². The van der Waals surface area contributed by atoms with E-state index < -0.39 is 6.10 Å². The van der Waals surface area contributed by atoms with Crippen LogP contribution in [-0.2, 0) is 9.53 Å². The average Bonchev–Trinajstić information content (AvgIpc) is 2.59. The molecule has 18 heavy (non-hydrogen) atoms. The Balaban J connectivity index is 2.29. The number of esters is 1. The number of hydrogen-bond donors (Lipinski definition) is 1. The monoisotopic (exact) mass is 248 g/mol. The number of carbonyl (C=O) groups excluding carboxylic acids is 1. The maximum Gasteiger partial charge on any atom is 0.334 e. The molecule has 3 atom stereocenters. The molecule has 3 nitrogen and oxygen atoms in total. The fourth-order valence-corrected chi connectivity index (χ4v) is 2.47. The molecular weight excluding hydrogens is 228 g/mol. The summed E-state index contributed by atoms with van der Waals surface area (Å²) in [5.74, 6) is -0.259. The summed E-state index contributed by atoms with van der Waals surface area (Å²) >= 11 is 0. The van der Waals surface area contributed by atoms with Gasteiger partial charge in [0.15, 0.2) is 0 Å². The minimum absolute atomic E-state index is 0.0427. The van der Waals surface area contributed by atoms with E-state index in [0.29, 0.717) is 12.0 Å². The third-order valence-electron chi connectivity index (χ3n) is 3.84. The zero-order chi connectivity index (χ0) is 13.3. The van der Waals surface area contributed by atoms with Crippen LogP contribution in [0.25, 0.3) is 0 Å². The van der Waals surface area contributed by atoms with E-state index in [2.05, 4.69) is 19.6 Å². The normalized spacial score (nSPS) is 33.4. The lowest BCUT2D eigenvalue weighted by Crippen LogP contribution is -2.18. The summed E-state index contributed by atoms with van der Waals surface area (Å²) in [6.07, 6.45) is 5.61. The predicted molar refractivity (Wildman–Crippen MR) is 69.9 cm³/mol. The predicted octanol–water partition coefficient (Wildman–Crippen LogP) is 2.52. The molecule has 1 fully saturated rings. The van der Waals surface area contributed by atoms with Gasteiger partial charge in [-0.15, -0.1) is 0 Å². The Morgan fingerprint density at radius 3 is 2.89 bits per heavy atom. The van der Waals surface area contributed by atoms with E-state index >= 15 is 0 Å². The van der Waals surface area contributed by atoms with Crippen LogP contribution >= 0.6 is 0 Å². The lowest BCUT2D eigenvalue weighted by Gasteiger charge is -2.19. The molecule has 0 amide bonds. The summed E-state index contributed by atoms with van der Waals surface area (Å²) in [5.41, 5.74) is 2.67. The molecule has 1 N–H and O–H groups in total. The minimum Gasteiger partial charge on any atom is -0.454 e. The Kier molecular flexibility index (Phi) is 3.71. The van der Waals surface area contributed by atoms with Crippen LogP contribution in [-0.4, -0.2) is 23.3 Å². The molecule has 0 radical (unpaired) electrons. The Morgan fingerprint density at radius 1 is 1.44 bits per heavy atom. The van der Waals surface area contributed by atoms with Crippen molar-refractivity contribution in [3.8, 4) is 0 Å². The van der Waals surface area contributed by atoms with Crippen LogP contribution in [0.2, 0.25) is 0 Å². The van der Waals surface area contributed by atoms with Crippen LogP contribution < -0.4 is 0 Å². The number of ether oxygens (including phenoxy) is 1. The highest BCUT2D eigenvalue weighted by atomic mass is 16.5. The second kappa shape index (κ2) is 5.11. The Bertz CT molecular complexity index is 431. The molecule has 0 saturated carbocycles. The molecule has 0 aromatic rings. The van der Waals surface area contributed by atoms with Crippen molar-refractivity contribution in [2.75, 3.05) is 0 Å². The first kappa shape index (κ1) is 13.1. The molecule has 1 saturated heterocycles. The second-order valence-corrected chi connectivity index (χ2v) is 5.25. The third-order valence-corrected chi connectivity index (χ3v) is 3.84. The zero-order valence-electron chi connectivity index (χ0n) is 11.0. The van der Waals surface area contributed by atoms with E-state index in [1.807, 2.05) is 13.0 Å². The number of rotatable bonds is 0. The topological polar surface area (TPSA) is 46.5 Å². The lowest BCUT2D eigenvalue weighted by atomic mass is 9.88. The maximum atomic E-state index is 11.6. The number of hydrogen-bond acceptors (Lipinski definition) is 3. The Hall–Kier alpha value is -1.35. The molecule has 0 aromatic carbocycles. The van der Waals surface area contributed by atoms with Crippen molar-refractivity contribution < 1.29 is 14.6 Å². The molecule has 3 unspecified atom stereocenters. The van der Waals surface area contributed by atoms with Crippen molar-refractivity contribution in [2.24, 2.45) is 5.92 Å². The smallest absolute Gasteiger partial charge is 0.334 e. The standard InChI is InChI=1S/C15H20O3/c1-9-4-6-12-11(3)15(17)18-14(12)8-10(2)13(16)7-5-9/h5,8,12-14,16H,3-4,6-7H2,1-2H3. The molecular formula is C15H20O3. The first-order chi connectivity index (χ1) is 8.49. The van der Waals surface area contributed by atoms with Crippen LogP contribution in [0, 0.1) is 5.92 Å².